The Morgan fingerprint density at radius 2 is 1.90 bits per heavy atom. The Hall–Kier alpha value is -1.84. The first-order valence-electron chi connectivity index (χ1n) is 7.91. The van der Waals surface area contributed by atoms with E-state index in [1.54, 1.807) is 0 Å². The first-order chi connectivity index (χ1) is 10.2. The van der Waals surface area contributed by atoms with E-state index in [9.17, 15) is 9.59 Å². The van der Waals surface area contributed by atoms with Crippen molar-refractivity contribution in [3.8, 4) is 0 Å². The van der Waals surface area contributed by atoms with Crippen LogP contribution >= 0.6 is 0 Å². The molecule has 112 valence electrons. The molecule has 3 rings (SSSR count). The van der Waals surface area contributed by atoms with E-state index in [4.69, 9.17) is 0 Å². The lowest BCUT2D eigenvalue weighted by molar-refractivity contribution is -0.124. The van der Waals surface area contributed by atoms with Crippen LogP contribution in [0.3, 0.4) is 0 Å². The van der Waals surface area contributed by atoms with Crippen molar-refractivity contribution in [2.24, 2.45) is 0 Å². The van der Waals surface area contributed by atoms with Crippen LogP contribution < -0.4 is 10.2 Å². The van der Waals surface area contributed by atoms with E-state index in [-0.39, 0.29) is 11.8 Å². The number of hydrogen-bond donors (Lipinski definition) is 1. The number of carbonyl (C=O) groups is 2. The van der Waals surface area contributed by atoms with Gasteiger partial charge in [-0.15, -0.1) is 0 Å². The van der Waals surface area contributed by atoms with E-state index in [1.807, 2.05) is 29.2 Å². The quantitative estimate of drug-likeness (QED) is 0.929. The maximum absolute atomic E-state index is 13.1. The highest BCUT2D eigenvalue weighted by Crippen LogP contribution is 2.36. The smallest absolute Gasteiger partial charge is 0.254 e. The average Bonchev–Trinajstić information content (AvgIpc) is 2.94. The van der Waals surface area contributed by atoms with E-state index in [0.29, 0.717) is 12.1 Å². The van der Waals surface area contributed by atoms with Gasteiger partial charge in [-0.3, -0.25) is 9.59 Å². The van der Waals surface area contributed by atoms with Gasteiger partial charge < -0.3 is 10.2 Å². The molecule has 0 atom stereocenters. The van der Waals surface area contributed by atoms with Crippen molar-refractivity contribution in [2.75, 3.05) is 11.4 Å². The Kier molecular flexibility index (Phi) is 3.70. The fraction of sp³-hybridized carbons (Fsp3) is 0.529. The number of amides is 2. The summed E-state index contributed by atoms with van der Waals surface area (Å²) in [5.41, 5.74) is 0.701. The van der Waals surface area contributed by atoms with E-state index in [0.717, 1.165) is 44.2 Å². The van der Waals surface area contributed by atoms with Gasteiger partial charge in [-0.2, -0.15) is 0 Å². The molecule has 1 aromatic carbocycles. The minimum Gasteiger partial charge on any atom is -0.338 e. The third kappa shape index (κ3) is 2.33. The fourth-order valence-corrected chi connectivity index (χ4v) is 3.46. The third-order valence-electron chi connectivity index (χ3n) is 4.64. The lowest BCUT2D eigenvalue weighted by atomic mass is 9.95. The molecule has 1 fully saturated rings. The topological polar surface area (TPSA) is 49.4 Å². The van der Waals surface area contributed by atoms with Crippen LogP contribution in [0.1, 0.15) is 55.8 Å². The van der Waals surface area contributed by atoms with Crippen molar-refractivity contribution in [1.82, 2.24) is 5.32 Å². The maximum atomic E-state index is 13.1. The molecule has 1 aliphatic heterocycles. The van der Waals surface area contributed by atoms with Crippen LogP contribution in [0, 0.1) is 0 Å². The summed E-state index contributed by atoms with van der Waals surface area (Å²) in [7, 11) is 0. The zero-order valence-electron chi connectivity index (χ0n) is 12.5. The molecule has 1 spiro atoms. The Morgan fingerprint density at radius 1 is 1.19 bits per heavy atom. The van der Waals surface area contributed by atoms with Crippen LogP contribution in [-0.4, -0.2) is 23.9 Å². The Morgan fingerprint density at radius 3 is 2.62 bits per heavy atom. The molecule has 2 aliphatic rings. The lowest BCUT2D eigenvalue weighted by Gasteiger charge is -2.32. The molecule has 1 heterocycles. The monoisotopic (exact) mass is 286 g/mol. The molecule has 0 radical (unpaired) electrons. The number of nitrogens with one attached hydrogen (secondary N) is 1. The van der Waals surface area contributed by atoms with Gasteiger partial charge in [0.2, 0.25) is 0 Å². The van der Waals surface area contributed by atoms with Gasteiger partial charge in [0.15, 0.2) is 0 Å². The van der Waals surface area contributed by atoms with E-state index >= 15 is 0 Å². The lowest BCUT2D eigenvalue weighted by Crippen LogP contribution is -2.56. The summed E-state index contributed by atoms with van der Waals surface area (Å²) in [6, 6.07) is 7.44. The number of benzene rings is 1. The van der Waals surface area contributed by atoms with Gasteiger partial charge in [0.1, 0.15) is 5.54 Å². The summed E-state index contributed by atoms with van der Waals surface area (Å²) in [4.78, 5) is 27.5. The molecule has 1 N–H and O–H groups in total. The molecule has 21 heavy (non-hydrogen) atoms. The van der Waals surface area contributed by atoms with Crippen LogP contribution in [-0.2, 0) is 4.79 Å². The van der Waals surface area contributed by atoms with Crippen LogP contribution in [0.4, 0.5) is 5.69 Å². The number of para-hydroxylation sites is 1. The zero-order chi connectivity index (χ0) is 14.9. The molecule has 4 nitrogen and oxygen atoms in total. The molecule has 1 aliphatic carbocycles. The number of carbonyl (C=O) groups excluding carboxylic acids is 2. The van der Waals surface area contributed by atoms with Crippen molar-refractivity contribution >= 4 is 17.5 Å². The highest BCUT2D eigenvalue weighted by molar-refractivity contribution is 6.12. The largest absolute Gasteiger partial charge is 0.338 e. The molecule has 1 saturated carbocycles. The Balaban J connectivity index is 2.06. The number of unbranched alkanes of at least 4 members (excludes halogenated alkanes) is 1. The molecule has 4 heteroatoms. The summed E-state index contributed by atoms with van der Waals surface area (Å²) < 4.78 is 0. The van der Waals surface area contributed by atoms with Crippen LogP contribution in [0.5, 0.6) is 0 Å². The summed E-state index contributed by atoms with van der Waals surface area (Å²) >= 11 is 0. The molecular formula is C17H22N2O2. The van der Waals surface area contributed by atoms with Crippen molar-refractivity contribution in [1.29, 1.82) is 0 Å². The van der Waals surface area contributed by atoms with Crippen LogP contribution in [0.15, 0.2) is 24.3 Å². The van der Waals surface area contributed by atoms with Gasteiger partial charge in [0.05, 0.1) is 11.3 Å². The predicted molar refractivity (Wildman–Crippen MR) is 82.4 cm³/mol. The summed E-state index contributed by atoms with van der Waals surface area (Å²) in [5, 5.41) is 3.04. The third-order valence-corrected chi connectivity index (χ3v) is 4.64. The Bertz CT molecular complexity index is 562. The maximum Gasteiger partial charge on any atom is 0.254 e. The first-order valence-corrected chi connectivity index (χ1v) is 7.91. The minimum atomic E-state index is -0.677. The number of hydrogen-bond acceptors (Lipinski definition) is 2. The van der Waals surface area contributed by atoms with Gasteiger partial charge in [0.25, 0.3) is 11.8 Å². The number of anilines is 1. The van der Waals surface area contributed by atoms with Crippen LogP contribution in [0.2, 0.25) is 0 Å². The second-order valence-corrected chi connectivity index (χ2v) is 6.07. The van der Waals surface area contributed by atoms with E-state index < -0.39 is 5.54 Å². The van der Waals surface area contributed by atoms with Crippen molar-refractivity contribution in [3.63, 3.8) is 0 Å². The van der Waals surface area contributed by atoms with Crippen LogP contribution in [0.25, 0.3) is 0 Å². The molecule has 2 amide bonds. The van der Waals surface area contributed by atoms with Crippen molar-refractivity contribution in [3.05, 3.63) is 29.8 Å². The van der Waals surface area contributed by atoms with E-state index in [1.165, 1.54) is 0 Å². The number of nitrogens with zero attached hydrogens (tertiary/aromatic N) is 1. The van der Waals surface area contributed by atoms with Gasteiger partial charge >= 0.3 is 0 Å². The summed E-state index contributed by atoms with van der Waals surface area (Å²) in [5.74, 6) is -0.0356. The molecule has 0 aromatic heterocycles. The second kappa shape index (κ2) is 5.51. The van der Waals surface area contributed by atoms with E-state index in [2.05, 4.69) is 12.2 Å². The van der Waals surface area contributed by atoms with Gasteiger partial charge in [-0.05, 0) is 31.4 Å². The SMILES string of the molecule is CCCCN1C(=O)C2(CCCC2)NC(=O)c2ccccc21. The Labute approximate surface area is 125 Å². The number of rotatable bonds is 3. The summed E-state index contributed by atoms with van der Waals surface area (Å²) in [6.45, 7) is 2.80. The summed E-state index contributed by atoms with van der Waals surface area (Å²) in [6.07, 6.45) is 5.50. The first kappa shape index (κ1) is 14.1. The van der Waals surface area contributed by atoms with Gasteiger partial charge in [-0.25, -0.2) is 0 Å². The molecule has 0 unspecified atom stereocenters. The number of fused-ring (bicyclic) bond motifs is 1. The minimum absolute atomic E-state index is 0.0757. The molecular weight excluding hydrogens is 264 g/mol. The highest BCUT2D eigenvalue weighted by Gasteiger charge is 2.47. The highest BCUT2D eigenvalue weighted by atomic mass is 16.2. The normalized spacial score (nSPS) is 20.3. The molecule has 1 aromatic rings. The molecule has 0 saturated heterocycles. The molecule has 0 bridgehead atoms. The van der Waals surface area contributed by atoms with Gasteiger partial charge in [-0.1, -0.05) is 38.3 Å². The average molecular weight is 286 g/mol. The fourth-order valence-electron chi connectivity index (χ4n) is 3.46. The van der Waals surface area contributed by atoms with Crippen molar-refractivity contribution < 1.29 is 9.59 Å². The van der Waals surface area contributed by atoms with Gasteiger partial charge in [0, 0.05) is 6.54 Å². The standard InChI is InChI=1S/C17H22N2O2/c1-2-3-12-19-14-9-5-4-8-13(14)15(20)18-17(16(19)21)10-6-7-11-17/h4-5,8-9H,2-3,6-7,10-12H2,1H3,(H,18,20). The predicted octanol–water partition coefficient (Wildman–Crippen LogP) is 2.88. The second-order valence-electron chi connectivity index (χ2n) is 6.07. The zero-order valence-corrected chi connectivity index (χ0v) is 12.5. The van der Waals surface area contributed by atoms with Crippen molar-refractivity contribution in [2.45, 2.75) is 51.0 Å².